The predicted molar refractivity (Wildman–Crippen MR) is 77.4 cm³/mol. The number of benzene rings is 1. The van der Waals surface area contributed by atoms with Gasteiger partial charge in [-0.15, -0.1) is 0 Å². The molecular formula is C16H19N3. The lowest BCUT2D eigenvalue weighted by Crippen LogP contribution is -2.14. The molecule has 0 radical (unpaired) electrons. The van der Waals surface area contributed by atoms with Crippen molar-refractivity contribution in [3.8, 4) is 0 Å². The molecule has 0 bridgehead atoms. The molecule has 1 heterocycles. The van der Waals surface area contributed by atoms with Gasteiger partial charge in [0.15, 0.2) is 0 Å². The lowest BCUT2D eigenvalue weighted by Gasteiger charge is -2.24. The minimum atomic E-state index is 0.351. The summed E-state index contributed by atoms with van der Waals surface area (Å²) in [4.78, 5) is 9.16. The van der Waals surface area contributed by atoms with Gasteiger partial charge in [0.1, 0.15) is 11.6 Å². The minimum Gasteiger partial charge on any atom is -0.370 e. The smallest absolute Gasteiger partial charge is 0.138 e. The Labute approximate surface area is 114 Å². The highest BCUT2D eigenvalue weighted by atomic mass is 15.0. The van der Waals surface area contributed by atoms with E-state index in [4.69, 9.17) is 0 Å². The minimum absolute atomic E-state index is 0.351. The molecule has 0 saturated heterocycles. The van der Waals surface area contributed by atoms with E-state index in [0.717, 1.165) is 24.6 Å². The molecule has 3 heteroatoms. The first kappa shape index (κ1) is 12.2. The first-order valence-corrected chi connectivity index (χ1v) is 7.03. The number of aryl methyl sites for hydroxylation is 1. The van der Waals surface area contributed by atoms with Crippen molar-refractivity contribution in [1.82, 2.24) is 9.97 Å². The number of anilines is 1. The fourth-order valence-electron chi connectivity index (χ4n) is 2.84. The van der Waals surface area contributed by atoms with E-state index in [0.29, 0.717) is 5.92 Å². The van der Waals surface area contributed by atoms with Crippen LogP contribution < -0.4 is 5.32 Å². The quantitative estimate of drug-likeness (QED) is 0.911. The number of fused-ring (bicyclic) bond motifs is 1. The van der Waals surface area contributed by atoms with Gasteiger partial charge >= 0.3 is 0 Å². The molecule has 0 amide bonds. The maximum absolute atomic E-state index is 4.66. The Balaban J connectivity index is 1.97. The molecule has 1 aromatic heterocycles. The summed E-state index contributed by atoms with van der Waals surface area (Å²) in [5.74, 6) is 2.23. The van der Waals surface area contributed by atoms with E-state index in [2.05, 4.69) is 46.5 Å². The highest BCUT2D eigenvalue weighted by molar-refractivity contribution is 5.39. The number of nitrogens with one attached hydrogen (secondary N) is 1. The number of aromatic nitrogens is 2. The van der Waals surface area contributed by atoms with Crippen LogP contribution in [-0.2, 0) is 6.42 Å². The summed E-state index contributed by atoms with van der Waals surface area (Å²) in [7, 11) is 0. The first-order valence-electron chi connectivity index (χ1n) is 7.03. The van der Waals surface area contributed by atoms with Crippen LogP contribution in [-0.4, -0.2) is 16.5 Å². The van der Waals surface area contributed by atoms with Gasteiger partial charge < -0.3 is 5.32 Å². The predicted octanol–water partition coefficient (Wildman–Crippen LogP) is 3.38. The molecule has 1 aromatic carbocycles. The SMILES string of the molecule is CCNc1ccnc(C2CCCc3ccccc32)n1. The fourth-order valence-corrected chi connectivity index (χ4v) is 2.84. The molecule has 3 rings (SSSR count). The first-order chi connectivity index (χ1) is 9.38. The topological polar surface area (TPSA) is 37.8 Å². The van der Waals surface area contributed by atoms with Gasteiger partial charge in [-0.1, -0.05) is 24.3 Å². The molecule has 1 aliphatic rings. The van der Waals surface area contributed by atoms with Crippen LogP contribution in [0.4, 0.5) is 5.82 Å². The molecule has 1 unspecified atom stereocenters. The zero-order valence-corrected chi connectivity index (χ0v) is 11.3. The molecule has 0 fully saturated rings. The lowest BCUT2D eigenvalue weighted by molar-refractivity contribution is 0.590. The summed E-state index contributed by atoms with van der Waals surface area (Å²) >= 11 is 0. The van der Waals surface area contributed by atoms with Crippen molar-refractivity contribution in [2.45, 2.75) is 32.1 Å². The Kier molecular flexibility index (Phi) is 3.45. The van der Waals surface area contributed by atoms with Gasteiger partial charge in [0.2, 0.25) is 0 Å². The van der Waals surface area contributed by atoms with Crippen LogP contribution in [0.25, 0.3) is 0 Å². The molecule has 98 valence electrons. The van der Waals surface area contributed by atoms with Gasteiger partial charge in [-0.05, 0) is 43.4 Å². The van der Waals surface area contributed by atoms with Crippen LogP contribution >= 0.6 is 0 Å². The van der Waals surface area contributed by atoms with Gasteiger partial charge in [0, 0.05) is 18.7 Å². The third-order valence-corrected chi connectivity index (χ3v) is 3.71. The lowest BCUT2D eigenvalue weighted by atomic mass is 9.82. The summed E-state index contributed by atoms with van der Waals surface area (Å²) in [6.07, 6.45) is 5.40. The third-order valence-electron chi connectivity index (χ3n) is 3.71. The van der Waals surface area contributed by atoms with Crippen LogP contribution in [0.1, 0.15) is 42.6 Å². The maximum atomic E-state index is 4.66. The highest BCUT2D eigenvalue weighted by Crippen LogP contribution is 2.34. The molecule has 0 aliphatic heterocycles. The van der Waals surface area contributed by atoms with Gasteiger partial charge in [-0.25, -0.2) is 9.97 Å². The summed E-state index contributed by atoms with van der Waals surface area (Å²) in [5, 5.41) is 3.26. The Morgan fingerprint density at radius 2 is 2.16 bits per heavy atom. The fraction of sp³-hybridized carbons (Fsp3) is 0.375. The molecule has 3 nitrogen and oxygen atoms in total. The average molecular weight is 253 g/mol. The zero-order valence-electron chi connectivity index (χ0n) is 11.3. The van der Waals surface area contributed by atoms with Gasteiger partial charge in [-0.2, -0.15) is 0 Å². The summed E-state index contributed by atoms with van der Waals surface area (Å²) in [6.45, 7) is 2.97. The standard InChI is InChI=1S/C16H19N3/c1-2-17-15-10-11-18-16(19-15)14-9-5-7-12-6-3-4-8-13(12)14/h3-4,6,8,10-11,14H,2,5,7,9H2,1H3,(H,17,18,19). The van der Waals surface area contributed by atoms with E-state index >= 15 is 0 Å². The second-order valence-electron chi connectivity index (χ2n) is 4.97. The number of hydrogen-bond acceptors (Lipinski definition) is 3. The molecule has 1 N–H and O–H groups in total. The molecule has 1 aliphatic carbocycles. The maximum Gasteiger partial charge on any atom is 0.138 e. The van der Waals surface area contributed by atoms with Crippen molar-refractivity contribution >= 4 is 5.82 Å². The Hall–Kier alpha value is -1.90. The Morgan fingerprint density at radius 3 is 3.05 bits per heavy atom. The van der Waals surface area contributed by atoms with Crippen molar-refractivity contribution in [2.24, 2.45) is 0 Å². The van der Waals surface area contributed by atoms with E-state index < -0.39 is 0 Å². The van der Waals surface area contributed by atoms with Crippen molar-refractivity contribution in [3.63, 3.8) is 0 Å². The van der Waals surface area contributed by atoms with Gasteiger partial charge in [0.25, 0.3) is 0 Å². The van der Waals surface area contributed by atoms with E-state index in [1.165, 1.54) is 24.0 Å². The molecule has 19 heavy (non-hydrogen) atoms. The second-order valence-corrected chi connectivity index (χ2v) is 4.97. The zero-order chi connectivity index (χ0) is 13.1. The van der Waals surface area contributed by atoms with Crippen LogP contribution in [0.15, 0.2) is 36.5 Å². The van der Waals surface area contributed by atoms with Crippen molar-refractivity contribution in [3.05, 3.63) is 53.5 Å². The van der Waals surface area contributed by atoms with E-state index in [1.54, 1.807) is 0 Å². The van der Waals surface area contributed by atoms with E-state index in [1.807, 2.05) is 12.3 Å². The molecular weight excluding hydrogens is 234 g/mol. The Morgan fingerprint density at radius 1 is 1.26 bits per heavy atom. The summed E-state index contributed by atoms with van der Waals surface area (Å²) in [6, 6.07) is 10.6. The van der Waals surface area contributed by atoms with E-state index in [9.17, 15) is 0 Å². The second kappa shape index (κ2) is 5.39. The van der Waals surface area contributed by atoms with Crippen LogP contribution in [0.3, 0.4) is 0 Å². The molecule has 1 atom stereocenters. The number of rotatable bonds is 3. The average Bonchev–Trinajstić information content (AvgIpc) is 2.47. The third kappa shape index (κ3) is 2.46. The molecule has 0 spiro atoms. The van der Waals surface area contributed by atoms with Crippen molar-refractivity contribution < 1.29 is 0 Å². The molecule has 2 aromatic rings. The Bertz CT molecular complexity index is 565. The van der Waals surface area contributed by atoms with E-state index in [-0.39, 0.29) is 0 Å². The van der Waals surface area contributed by atoms with Crippen molar-refractivity contribution in [1.29, 1.82) is 0 Å². The normalized spacial score (nSPS) is 17.8. The van der Waals surface area contributed by atoms with Crippen LogP contribution in [0, 0.1) is 0 Å². The number of nitrogens with zero attached hydrogens (tertiary/aromatic N) is 2. The summed E-state index contributed by atoms with van der Waals surface area (Å²) < 4.78 is 0. The number of hydrogen-bond donors (Lipinski definition) is 1. The highest BCUT2D eigenvalue weighted by Gasteiger charge is 2.23. The van der Waals surface area contributed by atoms with Crippen molar-refractivity contribution in [2.75, 3.05) is 11.9 Å². The monoisotopic (exact) mass is 253 g/mol. The van der Waals surface area contributed by atoms with Crippen LogP contribution in [0.5, 0.6) is 0 Å². The largest absolute Gasteiger partial charge is 0.370 e. The molecule has 0 saturated carbocycles. The van der Waals surface area contributed by atoms with Gasteiger partial charge in [0.05, 0.1) is 0 Å². The van der Waals surface area contributed by atoms with Gasteiger partial charge in [-0.3, -0.25) is 0 Å². The summed E-state index contributed by atoms with van der Waals surface area (Å²) in [5.41, 5.74) is 2.86. The van der Waals surface area contributed by atoms with Crippen LogP contribution in [0.2, 0.25) is 0 Å².